The lowest BCUT2D eigenvalue weighted by Gasteiger charge is -2.11. The van der Waals surface area contributed by atoms with Crippen molar-refractivity contribution in [3.05, 3.63) is 54.2 Å². The number of nitrogens with zero attached hydrogens (tertiary/aromatic N) is 1. The Labute approximate surface area is 126 Å². The van der Waals surface area contributed by atoms with E-state index in [1.54, 1.807) is 12.3 Å². The van der Waals surface area contributed by atoms with Crippen LogP contribution in [0.25, 0.3) is 22.0 Å². The van der Waals surface area contributed by atoms with Crippen LogP contribution < -0.4 is 4.74 Å². The second-order valence-corrected chi connectivity index (χ2v) is 4.79. The molecule has 5 heteroatoms. The van der Waals surface area contributed by atoms with Gasteiger partial charge in [0.2, 0.25) is 0 Å². The van der Waals surface area contributed by atoms with Gasteiger partial charge in [-0.05, 0) is 35.9 Å². The molecule has 5 nitrogen and oxygen atoms in total. The lowest BCUT2D eigenvalue weighted by Crippen LogP contribution is -1.98. The average molecular weight is 295 g/mol. The minimum atomic E-state index is -1.08. The number of phenolic OH excluding ortho intramolecular Hbond substituents is 1. The zero-order valence-corrected chi connectivity index (χ0v) is 11.8. The maximum atomic E-state index is 11.2. The fraction of sp³-hybridized carbons (Fsp3) is 0.0588. The number of ether oxygens (including phenoxy) is 1. The number of aromatic nitrogens is 1. The van der Waals surface area contributed by atoms with Crippen LogP contribution in [-0.2, 0) is 0 Å². The first-order chi connectivity index (χ1) is 10.6. The highest BCUT2D eigenvalue weighted by molar-refractivity contribution is 5.93. The molecular weight excluding hydrogens is 282 g/mol. The summed E-state index contributed by atoms with van der Waals surface area (Å²) >= 11 is 0. The van der Waals surface area contributed by atoms with Gasteiger partial charge in [-0.1, -0.05) is 12.1 Å². The zero-order valence-electron chi connectivity index (χ0n) is 11.8. The molecule has 3 rings (SSSR count). The number of carboxylic acids is 1. The van der Waals surface area contributed by atoms with Crippen molar-refractivity contribution in [1.29, 1.82) is 0 Å². The SMILES string of the molecule is COc1cc(C(=O)O)cc(-c2ccc3ncccc3c2)c1O. The number of phenols is 1. The molecule has 3 aromatic rings. The molecule has 1 aromatic heterocycles. The molecule has 2 aromatic carbocycles. The molecule has 0 atom stereocenters. The zero-order chi connectivity index (χ0) is 15.7. The van der Waals surface area contributed by atoms with Crippen LogP contribution in [0.4, 0.5) is 0 Å². The normalized spacial score (nSPS) is 10.6. The van der Waals surface area contributed by atoms with Crippen molar-refractivity contribution in [2.75, 3.05) is 7.11 Å². The van der Waals surface area contributed by atoms with E-state index in [4.69, 9.17) is 4.74 Å². The Bertz CT molecular complexity index is 874. The molecule has 0 aliphatic rings. The number of hydrogen-bond donors (Lipinski definition) is 2. The second kappa shape index (κ2) is 5.37. The van der Waals surface area contributed by atoms with Crippen LogP contribution >= 0.6 is 0 Å². The maximum absolute atomic E-state index is 11.2. The highest BCUT2D eigenvalue weighted by atomic mass is 16.5. The summed E-state index contributed by atoms with van der Waals surface area (Å²) in [5.41, 5.74) is 1.98. The van der Waals surface area contributed by atoms with Crippen LogP contribution in [0.15, 0.2) is 48.7 Å². The summed E-state index contributed by atoms with van der Waals surface area (Å²) in [6.07, 6.45) is 1.70. The van der Waals surface area contributed by atoms with Crippen LogP contribution in [0.1, 0.15) is 10.4 Å². The monoisotopic (exact) mass is 295 g/mol. The van der Waals surface area contributed by atoms with Gasteiger partial charge in [0.25, 0.3) is 0 Å². The molecule has 0 amide bonds. The van der Waals surface area contributed by atoms with Gasteiger partial charge >= 0.3 is 5.97 Å². The second-order valence-electron chi connectivity index (χ2n) is 4.79. The third-order valence-electron chi connectivity index (χ3n) is 3.46. The molecule has 0 radical (unpaired) electrons. The molecule has 0 aliphatic heterocycles. The largest absolute Gasteiger partial charge is 0.504 e. The number of benzene rings is 2. The molecule has 0 unspecified atom stereocenters. The topological polar surface area (TPSA) is 79.7 Å². The number of aromatic hydroxyl groups is 1. The standard InChI is InChI=1S/C17H13NO4/c1-22-15-9-12(17(20)21)8-13(16(15)19)10-4-5-14-11(7-10)3-2-6-18-14/h2-9,19H,1H3,(H,20,21). The van der Waals surface area contributed by atoms with Crippen molar-refractivity contribution in [2.45, 2.75) is 0 Å². The van der Waals surface area contributed by atoms with E-state index in [0.717, 1.165) is 10.9 Å². The molecule has 110 valence electrons. The molecular formula is C17H13NO4. The molecule has 0 aliphatic carbocycles. The number of pyridine rings is 1. The fourth-order valence-corrected chi connectivity index (χ4v) is 2.35. The van der Waals surface area contributed by atoms with Gasteiger partial charge in [0.15, 0.2) is 11.5 Å². The van der Waals surface area contributed by atoms with Crippen LogP contribution in [0.2, 0.25) is 0 Å². The van der Waals surface area contributed by atoms with Gasteiger partial charge < -0.3 is 14.9 Å². The summed E-state index contributed by atoms with van der Waals surface area (Å²) in [6, 6.07) is 11.9. The Morgan fingerprint density at radius 3 is 2.73 bits per heavy atom. The third-order valence-corrected chi connectivity index (χ3v) is 3.46. The van der Waals surface area contributed by atoms with Crippen molar-refractivity contribution in [1.82, 2.24) is 4.98 Å². The van der Waals surface area contributed by atoms with Crippen molar-refractivity contribution in [2.24, 2.45) is 0 Å². The van der Waals surface area contributed by atoms with Crippen LogP contribution in [0, 0.1) is 0 Å². The van der Waals surface area contributed by atoms with Crippen molar-refractivity contribution in [3.63, 3.8) is 0 Å². The lowest BCUT2D eigenvalue weighted by molar-refractivity contribution is 0.0696. The Morgan fingerprint density at radius 1 is 1.18 bits per heavy atom. The summed E-state index contributed by atoms with van der Waals surface area (Å²) < 4.78 is 5.06. The van der Waals surface area contributed by atoms with Gasteiger partial charge in [0, 0.05) is 17.1 Å². The van der Waals surface area contributed by atoms with Crippen molar-refractivity contribution < 1.29 is 19.7 Å². The van der Waals surface area contributed by atoms with E-state index in [9.17, 15) is 15.0 Å². The van der Waals surface area contributed by atoms with E-state index >= 15 is 0 Å². The van der Waals surface area contributed by atoms with E-state index in [0.29, 0.717) is 11.1 Å². The molecule has 0 bridgehead atoms. The fourth-order valence-electron chi connectivity index (χ4n) is 2.35. The lowest BCUT2D eigenvalue weighted by atomic mass is 9.99. The van der Waals surface area contributed by atoms with Gasteiger partial charge in [-0.2, -0.15) is 0 Å². The number of methoxy groups -OCH3 is 1. The number of carbonyl (C=O) groups is 1. The third kappa shape index (κ3) is 2.33. The Hall–Kier alpha value is -3.08. The highest BCUT2D eigenvalue weighted by Crippen LogP contribution is 2.39. The molecule has 0 saturated heterocycles. The highest BCUT2D eigenvalue weighted by Gasteiger charge is 2.16. The summed E-state index contributed by atoms with van der Waals surface area (Å²) in [4.78, 5) is 15.5. The summed E-state index contributed by atoms with van der Waals surface area (Å²) in [5, 5.41) is 20.4. The van der Waals surface area contributed by atoms with E-state index in [2.05, 4.69) is 4.98 Å². The number of rotatable bonds is 3. The Balaban J connectivity index is 2.24. The molecule has 0 saturated carbocycles. The molecule has 22 heavy (non-hydrogen) atoms. The average Bonchev–Trinajstić information content (AvgIpc) is 2.54. The molecule has 0 fully saturated rings. The molecule has 2 N–H and O–H groups in total. The molecule has 0 spiro atoms. The van der Waals surface area contributed by atoms with E-state index in [1.165, 1.54) is 19.2 Å². The summed E-state index contributed by atoms with van der Waals surface area (Å²) in [7, 11) is 1.38. The quantitative estimate of drug-likeness (QED) is 0.775. The number of hydrogen-bond acceptors (Lipinski definition) is 4. The van der Waals surface area contributed by atoms with Gasteiger partial charge in [0.05, 0.1) is 18.2 Å². The Kier molecular flexibility index (Phi) is 3.39. The first-order valence-corrected chi connectivity index (χ1v) is 6.59. The summed E-state index contributed by atoms with van der Waals surface area (Å²) in [6.45, 7) is 0. The molecule has 1 heterocycles. The minimum absolute atomic E-state index is 0.0518. The smallest absolute Gasteiger partial charge is 0.335 e. The predicted molar refractivity (Wildman–Crippen MR) is 82.4 cm³/mol. The van der Waals surface area contributed by atoms with E-state index < -0.39 is 5.97 Å². The number of carboxylic acid groups (broad SMARTS) is 1. The Morgan fingerprint density at radius 2 is 2.00 bits per heavy atom. The predicted octanol–water partition coefficient (Wildman–Crippen LogP) is 3.31. The van der Waals surface area contributed by atoms with Crippen molar-refractivity contribution in [3.8, 4) is 22.6 Å². The number of aromatic carboxylic acids is 1. The van der Waals surface area contributed by atoms with Crippen LogP contribution in [0.5, 0.6) is 11.5 Å². The summed E-state index contributed by atoms with van der Waals surface area (Å²) in [5.74, 6) is -1.04. The van der Waals surface area contributed by atoms with E-state index in [-0.39, 0.29) is 17.1 Å². The number of fused-ring (bicyclic) bond motifs is 1. The van der Waals surface area contributed by atoms with Gasteiger partial charge in [-0.15, -0.1) is 0 Å². The van der Waals surface area contributed by atoms with Crippen molar-refractivity contribution >= 4 is 16.9 Å². The van der Waals surface area contributed by atoms with Crippen LogP contribution in [-0.4, -0.2) is 28.3 Å². The van der Waals surface area contributed by atoms with E-state index in [1.807, 2.05) is 24.3 Å². The maximum Gasteiger partial charge on any atom is 0.335 e. The first kappa shape index (κ1) is 13.9. The van der Waals surface area contributed by atoms with Crippen LogP contribution in [0.3, 0.4) is 0 Å². The minimum Gasteiger partial charge on any atom is -0.504 e. The van der Waals surface area contributed by atoms with Gasteiger partial charge in [-0.25, -0.2) is 4.79 Å². The van der Waals surface area contributed by atoms with Gasteiger partial charge in [-0.3, -0.25) is 4.98 Å². The van der Waals surface area contributed by atoms with Gasteiger partial charge in [0.1, 0.15) is 0 Å². The first-order valence-electron chi connectivity index (χ1n) is 6.59.